The first-order chi connectivity index (χ1) is 20.3. The molecular weight excluding hydrogens is 522 g/mol. The minimum absolute atomic E-state index is 0.139. The maximum absolute atomic E-state index is 12.6. The molecule has 1 aliphatic heterocycles. The molecule has 4 rings (SSSR count). The molecule has 0 bridgehead atoms. The highest BCUT2D eigenvalue weighted by molar-refractivity contribution is 5.98. The maximum Gasteiger partial charge on any atom is 0.222 e. The van der Waals surface area contributed by atoms with E-state index in [0.717, 1.165) is 52.8 Å². The minimum Gasteiger partial charge on any atom is -0.495 e. The zero-order valence-corrected chi connectivity index (χ0v) is 25.6. The van der Waals surface area contributed by atoms with Crippen LogP contribution in [0.25, 0.3) is 27.7 Å². The molecule has 1 fully saturated rings. The third-order valence-corrected chi connectivity index (χ3v) is 8.18. The summed E-state index contributed by atoms with van der Waals surface area (Å²) in [6.45, 7) is 16.4. The van der Waals surface area contributed by atoms with Gasteiger partial charge in [0.25, 0.3) is 0 Å². The molecule has 1 amide bonds. The average Bonchev–Trinajstić information content (AvgIpc) is 3.01. The molecule has 3 unspecified atom stereocenters. The van der Waals surface area contributed by atoms with E-state index in [0.29, 0.717) is 23.7 Å². The van der Waals surface area contributed by atoms with Gasteiger partial charge in [-0.15, -0.1) is 0 Å². The van der Waals surface area contributed by atoms with Crippen molar-refractivity contribution in [2.75, 3.05) is 20.2 Å². The van der Waals surface area contributed by atoms with Gasteiger partial charge in [-0.1, -0.05) is 51.6 Å². The molecule has 3 aromatic rings. The van der Waals surface area contributed by atoms with E-state index >= 15 is 0 Å². The number of nitrogens with zero attached hydrogens (tertiary/aromatic N) is 5. The van der Waals surface area contributed by atoms with Crippen LogP contribution in [0.1, 0.15) is 58.6 Å². The molecule has 3 heterocycles. The highest BCUT2D eigenvalue weighted by Gasteiger charge is 2.33. The van der Waals surface area contributed by atoms with Crippen LogP contribution in [0.4, 0.5) is 0 Å². The lowest BCUT2D eigenvalue weighted by molar-refractivity contribution is -0.138. The fraction of sp³-hybridized carbons (Fsp3) is 0.371. The van der Waals surface area contributed by atoms with Crippen LogP contribution in [-0.4, -0.2) is 58.0 Å². The number of rotatable bonds is 9. The normalized spacial score (nSPS) is 18.5. The Balaban J connectivity index is 1.75. The van der Waals surface area contributed by atoms with Crippen LogP contribution >= 0.6 is 0 Å². The molecule has 1 saturated heterocycles. The van der Waals surface area contributed by atoms with Gasteiger partial charge in [0.1, 0.15) is 11.3 Å². The number of fused-ring (bicyclic) bond motifs is 1. The van der Waals surface area contributed by atoms with Gasteiger partial charge in [0.2, 0.25) is 5.91 Å². The van der Waals surface area contributed by atoms with E-state index in [1.165, 1.54) is 5.70 Å². The molecule has 0 N–H and O–H groups in total. The van der Waals surface area contributed by atoms with Crippen molar-refractivity contribution in [2.24, 2.45) is 5.92 Å². The predicted octanol–water partition coefficient (Wildman–Crippen LogP) is 7.01. The Bertz CT molecular complexity index is 1540. The zero-order chi connectivity index (χ0) is 30.4. The van der Waals surface area contributed by atoms with E-state index in [1.807, 2.05) is 42.3 Å². The van der Waals surface area contributed by atoms with E-state index in [-0.39, 0.29) is 18.0 Å². The smallest absolute Gasteiger partial charge is 0.222 e. The van der Waals surface area contributed by atoms with Gasteiger partial charge in [0.05, 0.1) is 24.4 Å². The number of piperazine rings is 1. The highest BCUT2D eigenvalue weighted by Crippen LogP contribution is 2.37. The summed E-state index contributed by atoms with van der Waals surface area (Å²) < 4.78 is 5.97. The summed E-state index contributed by atoms with van der Waals surface area (Å²) in [6, 6.07) is 11.7. The Morgan fingerprint density at radius 3 is 2.40 bits per heavy atom. The van der Waals surface area contributed by atoms with Gasteiger partial charge in [-0.25, -0.2) is 0 Å². The first kappa shape index (κ1) is 30.5. The number of nitriles is 1. The Morgan fingerprint density at radius 1 is 1.14 bits per heavy atom. The minimum atomic E-state index is 0.139. The lowest BCUT2D eigenvalue weighted by Crippen LogP contribution is -2.58. The molecule has 218 valence electrons. The second-order valence-electron chi connectivity index (χ2n) is 10.9. The number of hydrogen-bond acceptors (Lipinski definition) is 6. The summed E-state index contributed by atoms with van der Waals surface area (Å²) in [7, 11) is 1.67. The van der Waals surface area contributed by atoms with Crippen LogP contribution in [0.3, 0.4) is 0 Å². The van der Waals surface area contributed by atoms with Crippen molar-refractivity contribution in [3.8, 4) is 23.1 Å². The van der Waals surface area contributed by atoms with Crippen LogP contribution in [0.2, 0.25) is 0 Å². The van der Waals surface area contributed by atoms with Crippen molar-refractivity contribution in [3.05, 3.63) is 84.4 Å². The second-order valence-corrected chi connectivity index (χ2v) is 10.9. The summed E-state index contributed by atoms with van der Waals surface area (Å²) in [6.07, 6.45) is 11.2. The standard InChI is InChI=1S/C35H41N5O2/c1-8-23(4)31(39-21-24(5)40(25(6)22-39)32(41)10-3)16-15-27(9-2)30-20-38-34-29(35(30)42-7)17-18-37-33(34)28-13-11-26(19-36)12-14-28/h9,11-18,20,23-25H,2,8,10,21-22H2,1,3-7H3/b27-15+,31-16+. The van der Waals surface area contributed by atoms with E-state index in [1.54, 1.807) is 25.4 Å². The van der Waals surface area contributed by atoms with Crippen LogP contribution in [0.5, 0.6) is 5.75 Å². The molecule has 2 aromatic heterocycles. The molecule has 42 heavy (non-hydrogen) atoms. The van der Waals surface area contributed by atoms with Gasteiger partial charge in [0.15, 0.2) is 0 Å². The summed E-state index contributed by atoms with van der Waals surface area (Å²) in [4.78, 5) is 26.5. The summed E-state index contributed by atoms with van der Waals surface area (Å²) in [5, 5.41) is 10.0. The van der Waals surface area contributed by atoms with E-state index < -0.39 is 0 Å². The number of benzene rings is 1. The van der Waals surface area contributed by atoms with Gasteiger partial charge < -0.3 is 14.5 Å². The topological polar surface area (TPSA) is 82.4 Å². The first-order valence-electron chi connectivity index (χ1n) is 14.7. The number of ether oxygens (including phenoxy) is 1. The van der Waals surface area contributed by atoms with Gasteiger partial charge in [-0.05, 0) is 56.0 Å². The van der Waals surface area contributed by atoms with Gasteiger partial charge in [-0.2, -0.15) is 5.26 Å². The molecule has 7 heteroatoms. The molecule has 1 aliphatic rings. The molecule has 0 saturated carbocycles. The third kappa shape index (κ3) is 6.08. The van der Waals surface area contributed by atoms with Gasteiger partial charge in [0, 0.05) is 66.2 Å². The Hall–Kier alpha value is -4.44. The summed E-state index contributed by atoms with van der Waals surface area (Å²) in [5.41, 5.74) is 5.93. The largest absolute Gasteiger partial charge is 0.495 e. The fourth-order valence-electron chi connectivity index (χ4n) is 5.88. The molecule has 7 nitrogen and oxygen atoms in total. The fourth-order valence-corrected chi connectivity index (χ4v) is 5.88. The van der Waals surface area contributed by atoms with Crippen molar-refractivity contribution in [1.29, 1.82) is 5.26 Å². The maximum atomic E-state index is 12.6. The number of pyridine rings is 2. The number of allylic oxidation sites excluding steroid dienone is 5. The van der Waals surface area contributed by atoms with E-state index in [4.69, 9.17) is 9.72 Å². The SMILES string of the molecule is C=C/C(=C\C=C(/C(C)CC)N1CC(C)N(C(=O)CC)C(C)C1)c1cnc2c(-c3ccc(C#N)cc3)nccc2c1OC. The predicted molar refractivity (Wildman–Crippen MR) is 170 cm³/mol. The lowest BCUT2D eigenvalue weighted by atomic mass is 9.97. The molecule has 0 radical (unpaired) electrons. The summed E-state index contributed by atoms with van der Waals surface area (Å²) >= 11 is 0. The molecule has 1 aromatic carbocycles. The van der Waals surface area contributed by atoms with Crippen molar-refractivity contribution in [3.63, 3.8) is 0 Å². The summed E-state index contributed by atoms with van der Waals surface area (Å²) in [5.74, 6) is 1.26. The van der Waals surface area contributed by atoms with E-state index in [9.17, 15) is 10.1 Å². The number of aromatic nitrogens is 2. The first-order valence-corrected chi connectivity index (χ1v) is 14.7. The van der Waals surface area contributed by atoms with Crippen molar-refractivity contribution < 1.29 is 9.53 Å². The van der Waals surface area contributed by atoms with Crippen molar-refractivity contribution >= 4 is 22.4 Å². The number of hydrogen-bond donors (Lipinski definition) is 0. The monoisotopic (exact) mass is 563 g/mol. The van der Waals surface area contributed by atoms with Crippen LogP contribution in [0, 0.1) is 17.2 Å². The Kier molecular flexibility index (Phi) is 9.80. The molecule has 0 aliphatic carbocycles. The molecule has 0 spiro atoms. The van der Waals surface area contributed by atoms with Crippen LogP contribution < -0.4 is 4.74 Å². The zero-order valence-electron chi connectivity index (χ0n) is 25.6. The number of carbonyl (C=O) groups is 1. The quantitative estimate of drug-likeness (QED) is 0.261. The number of carbonyl (C=O) groups excluding carboxylic acids is 1. The molecule has 3 atom stereocenters. The number of amides is 1. The van der Waals surface area contributed by atoms with Crippen LogP contribution in [-0.2, 0) is 4.79 Å². The Morgan fingerprint density at radius 2 is 1.83 bits per heavy atom. The van der Waals surface area contributed by atoms with Gasteiger partial charge in [-0.3, -0.25) is 14.8 Å². The van der Waals surface area contributed by atoms with Gasteiger partial charge >= 0.3 is 0 Å². The second kappa shape index (κ2) is 13.5. The highest BCUT2D eigenvalue weighted by atomic mass is 16.5. The average molecular weight is 564 g/mol. The van der Waals surface area contributed by atoms with Crippen LogP contribution in [0.15, 0.2) is 73.2 Å². The van der Waals surface area contributed by atoms with E-state index in [2.05, 4.69) is 62.4 Å². The lowest BCUT2D eigenvalue weighted by Gasteiger charge is -2.47. The van der Waals surface area contributed by atoms with Crippen molar-refractivity contribution in [2.45, 2.75) is 59.5 Å². The van der Waals surface area contributed by atoms with Crippen molar-refractivity contribution in [1.82, 2.24) is 19.8 Å². The Labute approximate surface area is 249 Å². The number of methoxy groups -OCH3 is 1. The third-order valence-electron chi connectivity index (χ3n) is 8.18. The molecular formula is C35H41N5O2.